The molecule has 2 aromatic carbocycles. The zero-order valence-corrected chi connectivity index (χ0v) is 16.5. The lowest BCUT2D eigenvalue weighted by molar-refractivity contribution is 0.0630. The molecule has 0 radical (unpaired) electrons. The number of piperazine rings is 1. The van der Waals surface area contributed by atoms with Crippen molar-refractivity contribution >= 4 is 34.3 Å². The third kappa shape index (κ3) is 3.68. The van der Waals surface area contributed by atoms with Crippen molar-refractivity contribution in [3.05, 3.63) is 70.9 Å². The van der Waals surface area contributed by atoms with Gasteiger partial charge in [0.25, 0.3) is 5.91 Å². The lowest BCUT2D eigenvalue weighted by atomic mass is 10.1. The number of nitrogens with zero attached hydrogens (tertiary/aromatic N) is 3. The third-order valence-electron chi connectivity index (χ3n) is 5.25. The van der Waals surface area contributed by atoms with Gasteiger partial charge in [-0.1, -0.05) is 48.0 Å². The van der Waals surface area contributed by atoms with Crippen LogP contribution in [0.2, 0.25) is 5.02 Å². The number of halogens is 1. The normalized spacial score (nSPS) is 15.1. The summed E-state index contributed by atoms with van der Waals surface area (Å²) in [6.45, 7) is 5.38. The van der Waals surface area contributed by atoms with Gasteiger partial charge in [0.15, 0.2) is 0 Å². The highest BCUT2D eigenvalue weighted by Gasteiger charge is 2.25. The SMILES string of the molecule is CC(=O)n1cc(C(=O)N2CCN(Cc3ccccc3)CC2)c2ccc(Cl)cc21. The predicted octanol–water partition coefficient (Wildman–Crippen LogP) is 3.91. The third-order valence-corrected chi connectivity index (χ3v) is 5.48. The zero-order valence-electron chi connectivity index (χ0n) is 15.8. The standard InChI is InChI=1S/C22H22ClN3O2/c1-16(27)26-15-20(19-8-7-18(23)13-21(19)26)22(28)25-11-9-24(10-12-25)14-17-5-3-2-4-6-17/h2-8,13,15H,9-12,14H2,1H3. The Balaban J connectivity index is 1.51. The number of fused-ring (bicyclic) bond motifs is 1. The van der Waals surface area contributed by atoms with E-state index in [1.165, 1.54) is 17.1 Å². The molecule has 1 aliphatic heterocycles. The number of hydrogen-bond acceptors (Lipinski definition) is 3. The van der Waals surface area contributed by atoms with Gasteiger partial charge in [-0.25, -0.2) is 0 Å². The topological polar surface area (TPSA) is 45.6 Å². The summed E-state index contributed by atoms with van der Waals surface area (Å²) < 4.78 is 1.50. The molecule has 28 heavy (non-hydrogen) atoms. The number of hydrogen-bond donors (Lipinski definition) is 0. The highest BCUT2D eigenvalue weighted by Crippen LogP contribution is 2.26. The van der Waals surface area contributed by atoms with Crippen molar-refractivity contribution in [3.63, 3.8) is 0 Å². The fraction of sp³-hybridized carbons (Fsp3) is 0.273. The van der Waals surface area contributed by atoms with Crippen LogP contribution in [-0.4, -0.2) is 52.4 Å². The van der Waals surface area contributed by atoms with E-state index in [9.17, 15) is 9.59 Å². The minimum atomic E-state index is -0.140. The maximum atomic E-state index is 13.1. The van der Waals surface area contributed by atoms with Crippen LogP contribution in [0.4, 0.5) is 0 Å². The van der Waals surface area contributed by atoms with Crippen LogP contribution in [0, 0.1) is 0 Å². The largest absolute Gasteiger partial charge is 0.336 e. The molecule has 0 aliphatic carbocycles. The molecule has 1 aromatic heterocycles. The lowest BCUT2D eigenvalue weighted by Gasteiger charge is -2.34. The van der Waals surface area contributed by atoms with Gasteiger partial charge in [-0.05, 0) is 17.7 Å². The first-order valence-electron chi connectivity index (χ1n) is 9.40. The van der Waals surface area contributed by atoms with Gasteiger partial charge in [0.1, 0.15) is 0 Å². The molecule has 6 heteroatoms. The van der Waals surface area contributed by atoms with Gasteiger partial charge >= 0.3 is 0 Å². The summed E-state index contributed by atoms with van der Waals surface area (Å²) in [4.78, 5) is 29.4. The number of benzene rings is 2. The molecule has 0 bridgehead atoms. The number of carbonyl (C=O) groups excluding carboxylic acids is 2. The van der Waals surface area contributed by atoms with Crippen LogP contribution in [0.15, 0.2) is 54.7 Å². The van der Waals surface area contributed by atoms with Gasteiger partial charge in [-0.15, -0.1) is 0 Å². The summed E-state index contributed by atoms with van der Waals surface area (Å²) in [5.74, 6) is -0.175. The Morgan fingerprint density at radius 3 is 2.39 bits per heavy atom. The fourth-order valence-corrected chi connectivity index (χ4v) is 3.92. The predicted molar refractivity (Wildman–Crippen MR) is 111 cm³/mol. The molecule has 1 saturated heterocycles. The van der Waals surface area contributed by atoms with Crippen molar-refractivity contribution in [3.8, 4) is 0 Å². The molecule has 4 rings (SSSR count). The van der Waals surface area contributed by atoms with Crippen molar-refractivity contribution in [1.82, 2.24) is 14.4 Å². The van der Waals surface area contributed by atoms with Crippen LogP contribution in [0.3, 0.4) is 0 Å². The van der Waals surface area contributed by atoms with Crippen LogP contribution in [0.25, 0.3) is 10.9 Å². The average molecular weight is 396 g/mol. The van der Waals surface area contributed by atoms with Gasteiger partial charge in [0.05, 0.1) is 11.1 Å². The Kier molecular flexibility index (Phi) is 5.20. The maximum Gasteiger partial charge on any atom is 0.256 e. The number of carbonyl (C=O) groups is 2. The van der Waals surface area contributed by atoms with E-state index < -0.39 is 0 Å². The number of aromatic nitrogens is 1. The first kappa shape index (κ1) is 18.7. The Labute approximate surface area is 169 Å². The first-order chi connectivity index (χ1) is 13.5. The molecule has 5 nitrogen and oxygen atoms in total. The van der Waals surface area contributed by atoms with Crippen molar-refractivity contribution in [2.24, 2.45) is 0 Å². The van der Waals surface area contributed by atoms with E-state index in [1.807, 2.05) is 29.2 Å². The highest BCUT2D eigenvalue weighted by molar-refractivity contribution is 6.31. The number of rotatable bonds is 3. The maximum absolute atomic E-state index is 13.1. The Morgan fingerprint density at radius 2 is 1.71 bits per heavy atom. The summed E-state index contributed by atoms with van der Waals surface area (Å²) >= 11 is 6.09. The van der Waals surface area contributed by atoms with Crippen LogP contribution in [-0.2, 0) is 6.54 Å². The Bertz CT molecular complexity index is 1020. The summed E-state index contributed by atoms with van der Waals surface area (Å²) in [6, 6.07) is 15.7. The molecule has 144 valence electrons. The van der Waals surface area contributed by atoms with E-state index in [-0.39, 0.29) is 11.8 Å². The van der Waals surface area contributed by atoms with Crippen LogP contribution < -0.4 is 0 Å². The van der Waals surface area contributed by atoms with E-state index in [4.69, 9.17) is 11.6 Å². The summed E-state index contributed by atoms with van der Waals surface area (Å²) in [6.07, 6.45) is 1.64. The Hall–Kier alpha value is -2.63. The summed E-state index contributed by atoms with van der Waals surface area (Å²) in [5.41, 5.74) is 2.51. The van der Waals surface area contributed by atoms with E-state index in [0.717, 1.165) is 25.0 Å². The van der Waals surface area contributed by atoms with Crippen LogP contribution >= 0.6 is 11.6 Å². The molecule has 0 spiro atoms. The molecule has 1 fully saturated rings. The van der Waals surface area contributed by atoms with Crippen LogP contribution in [0.5, 0.6) is 0 Å². The smallest absolute Gasteiger partial charge is 0.256 e. The van der Waals surface area contributed by atoms with Gasteiger partial charge in [0.2, 0.25) is 5.91 Å². The fourth-order valence-electron chi connectivity index (χ4n) is 3.75. The van der Waals surface area contributed by atoms with Gasteiger partial charge in [-0.2, -0.15) is 0 Å². The zero-order chi connectivity index (χ0) is 19.7. The molecule has 0 N–H and O–H groups in total. The number of amides is 1. The minimum Gasteiger partial charge on any atom is -0.336 e. The van der Waals surface area contributed by atoms with E-state index in [0.29, 0.717) is 29.2 Å². The molecular formula is C22H22ClN3O2. The van der Waals surface area contributed by atoms with Crippen LogP contribution in [0.1, 0.15) is 27.6 Å². The molecular weight excluding hydrogens is 374 g/mol. The highest BCUT2D eigenvalue weighted by atomic mass is 35.5. The van der Waals surface area contributed by atoms with E-state index in [2.05, 4.69) is 17.0 Å². The van der Waals surface area contributed by atoms with E-state index in [1.54, 1.807) is 18.3 Å². The monoisotopic (exact) mass is 395 g/mol. The lowest BCUT2D eigenvalue weighted by Crippen LogP contribution is -2.48. The van der Waals surface area contributed by atoms with Gasteiger partial charge in [-0.3, -0.25) is 19.1 Å². The quantitative estimate of drug-likeness (QED) is 0.675. The average Bonchev–Trinajstić information content (AvgIpc) is 3.08. The molecule has 3 aromatic rings. The molecule has 1 aliphatic rings. The molecule has 0 atom stereocenters. The second kappa shape index (κ2) is 7.78. The molecule has 0 saturated carbocycles. The minimum absolute atomic E-state index is 0.0355. The second-order valence-electron chi connectivity index (χ2n) is 7.15. The second-order valence-corrected chi connectivity index (χ2v) is 7.58. The van der Waals surface area contributed by atoms with E-state index >= 15 is 0 Å². The van der Waals surface area contributed by atoms with Crippen molar-refractivity contribution < 1.29 is 9.59 Å². The Morgan fingerprint density at radius 1 is 1.00 bits per heavy atom. The van der Waals surface area contributed by atoms with Gasteiger partial charge in [0, 0.05) is 56.3 Å². The molecule has 0 unspecified atom stereocenters. The van der Waals surface area contributed by atoms with Crippen molar-refractivity contribution in [1.29, 1.82) is 0 Å². The van der Waals surface area contributed by atoms with Crippen molar-refractivity contribution in [2.75, 3.05) is 26.2 Å². The molecule has 1 amide bonds. The molecule has 2 heterocycles. The van der Waals surface area contributed by atoms with Gasteiger partial charge < -0.3 is 4.90 Å². The summed E-state index contributed by atoms with van der Waals surface area (Å²) in [7, 11) is 0. The summed E-state index contributed by atoms with van der Waals surface area (Å²) in [5, 5.41) is 1.30. The van der Waals surface area contributed by atoms with Crippen molar-refractivity contribution in [2.45, 2.75) is 13.5 Å². The first-order valence-corrected chi connectivity index (χ1v) is 9.78.